The molecule has 0 saturated heterocycles. The van der Waals surface area contributed by atoms with Crippen LogP contribution in [0.3, 0.4) is 0 Å². The number of aryl methyl sites for hydroxylation is 9. The molecule has 0 aliphatic rings. The van der Waals surface area contributed by atoms with Crippen molar-refractivity contribution < 1.29 is 89.2 Å². The predicted molar refractivity (Wildman–Crippen MR) is 360 cm³/mol. The number of nitrogens with zero attached hydrogens (tertiary/aromatic N) is 4. The van der Waals surface area contributed by atoms with Gasteiger partial charge in [0.25, 0.3) is 0 Å². The third-order valence-corrected chi connectivity index (χ3v) is 16.6. The van der Waals surface area contributed by atoms with Crippen LogP contribution < -0.4 is 13.7 Å². The Balaban J connectivity index is 0.00000351. The molecule has 0 fully saturated rings. The summed E-state index contributed by atoms with van der Waals surface area (Å²) in [7, 11) is -32.0. The van der Waals surface area contributed by atoms with Gasteiger partial charge in [-0.05, 0) is 56.7 Å². The monoisotopic (exact) mass is 1440 g/mol. The second-order valence-corrected chi connectivity index (χ2v) is 32.3. The van der Waals surface area contributed by atoms with E-state index in [1.54, 1.807) is 17.1 Å². The number of unbranched alkanes of at least 4 members (excludes halogenated alkanes) is 33. The van der Waals surface area contributed by atoms with E-state index in [0.29, 0.717) is 0 Å². The van der Waals surface area contributed by atoms with Crippen LogP contribution >= 0.6 is 23.4 Å². The van der Waals surface area contributed by atoms with E-state index in [0.717, 1.165) is 39.3 Å². The molecule has 0 aliphatic heterocycles. The van der Waals surface area contributed by atoms with Crippen LogP contribution in [0.4, 0.5) is 75.5 Å². The molecule has 0 aromatic carbocycles. The van der Waals surface area contributed by atoms with Crippen LogP contribution in [-0.4, -0.2) is 24.5 Å². The van der Waals surface area contributed by atoms with Crippen molar-refractivity contribution in [1.82, 2.24) is 4.90 Å². The van der Waals surface area contributed by atoms with Gasteiger partial charge in [0, 0.05) is 76.4 Å². The Morgan fingerprint density at radius 3 is 0.553 bits per heavy atom. The van der Waals surface area contributed by atoms with Gasteiger partial charge in [-0.2, -0.15) is 13.7 Å². The van der Waals surface area contributed by atoms with Crippen molar-refractivity contribution in [1.29, 1.82) is 0 Å². The molecule has 560 valence electrons. The van der Waals surface area contributed by atoms with E-state index in [-0.39, 0.29) is 0 Å². The van der Waals surface area contributed by atoms with Gasteiger partial charge in [0.2, 0.25) is 0 Å². The number of hydrogen-bond acceptors (Lipinski definition) is 1. The van der Waals surface area contributed by atoms with Crippen LogP contribution in [0.5, 0.6) is 0 Å². The second-order valence-electron chi connectivity index (χ2n) is 26.6. The van der Waals surface area contributed by atoms with Crippen LogP contribution in [-0.2, 0) is 38.9 Å². The van der Waals surface area contributed by atoms with E-state index in [9.17, 15) is 75.5 Å². The van der Waals surface area contributed by atoms with Gasteiger partial charge in [-0.15, -0.1) is 0 Å². The van der Waals surface area contributed by atoms with E-state index < -0.39 is 23.4 Å². The summed E-state index contributed by atoms with van der Waals surface area (Å²) in [5.74, 6) is 0. The maximum atomic E-state index is 9.87. The minimum atomic E-state index is -10.7. The Hall–Kier alpha value is -2.56. The Morgan fingerprint density at radius 2 is 0.394 bits per heavy atom. The molecule has 3 rings (SSSR count). The van der Waals surface area contributed by atoms with E-state index in [1.807, 2.05) is 0 Å². The first kappa shape index (κ1) is 91.4. The Labute approximate surface area is 554 Å². The van der Waals surface area contributed by atoms with Gasteiger partial charge < -0.3 is 0 Å². The Bertz CT molecular complexity index is 2220. The maximum absolute atomic E-state index is 10.7. The van der Waals surface area contributed by atoms with E-state index in [2.05, 4.69) is 117 Å². The first-order valence-corrected chi connectivity index (χ1v) is 41.5. The van der Waals surface area contributed by atoms with Gasteiger partial charge >= 0.3 is 99.0 Å². The van der Waals surface area contributed by atoms with Crippen LogP contribution in [0.1, 0.15) is 303 Å². The van der Waals surface area contributed by atoms with Gasteiger partial charge in [0.15, 0.2) is 53.8 Å². The Kier molecular flexibility index (Phi) is 40.1. The molecule has 0 unspecified atom stereocenters. The fraction of sp³-hybridized carbons (Fsp3) is 0.783. The van der Waals surface area contributed by atoms with Gasteiger partial charge in [-0.1, -0.05) is 233 Å². The predicted octanol–water partition coefficient (Wildman–Crippen LogP) is 29.0. The zero-order valence-electron chi connectivity index (χ0n) is 58.7. The van der Waals surface area contributed by atoms with Gasteiger partial charge in [-0.25, -0.2) is 0 Å². The molecule has 0 saturated carbocycles. The molecule has 0 atom stereocenters. The fourth-order valence-electron chi connectivity index (χ4n) is 12.1. The molecule has 25 heteroatoms. The van der Waals surface area contributed by atoms with Crippen molar-refractivity contribution in [2.24, 2.45) is 0 Å². The molecule has 0 amide bonds. The molecule has 4 nitrogen and oxygen atoms in total. The van der Waals surface area contributed by atoms with Crippen molar-refractivity contribution in [2.75, 3.05) is 19.6 Å². The third kappa shape index (κ3) is 66.7. The number of hydrogen-bond donors (Lipinski definition) is 0. The summed E-state index contributed by atoms with van der Waals surface area (Å²) in [6, 6.07) is 14.8. The quantitative estimate of drug-likeness (QED) is 0.0238. The first-order valence-electron chi connectivity index (χ1n) is 35.4. The minimum absolute atomic E-state index is 1.06. The number of aromatic nitrogens is 3. The number of halogens is 18. The van der Waals surface area contributed by atoms with Gasteiger partial charge in [0.05, 0.1) is 19.6 Å². The van der Waals surface area contributed by atoms with Crippen molar-refractivity contribution >= 4 is 23.4 Å². The Morgan fingerprint density at radius 1 is 0.245 bits per heavy atom. The molecule has 3 aromatic heterocycles. The van der Waals surface area contributed by atoms with Crippen LogP contribution in [0.25, 0.3) is 0 Å². The SMILES string of the molecule is CCCCCCCCCCCCCCc1cc(C)cc(C)[n+]1CCN(CC[n+]1c(C)cc(C)cc1CCCCCCCCCCCCCC)CC[n+]1c(C)cc(C)cc1CCCCCCCCCCCCCC.F[P-](F)(F)(F)(F)F.F[P-](F)(F)(F)(F)F.F[P-](F)(F)(F)(F)F. The molecule has 0 bridgehead atoms. The summed E-state index contributed by atoms with van der Waals surface area (Å²) >= 11 is 0. The molecular weight excluding hydrogens is 1320 g/mol. The first-order chi connectivity index (χ1) is 43.0. The van der Waals surface area contributed by atoms with E-state index >= 15 is 0 Å². The van der Waals surface area contributed by atoms with E-state index in [4.69, 9.17) is 0 Å². The average molecular weight is 1440 g/mol. The van der Waals surface area contributed by atoms with Crippen LogP contribution in [0.2, 0.25) is 0 Å². The molecule has 0 aliphatic carbocycles. The standard InChI is InChI=1S/C69H123N4.3F6P/c1-10-13-16-19-22-25-28-31-34-37-40-43-46-67-58-61(4)55-64(7)71(67)52-49-70(50-53-72-65(8)56-62(5)59-68(72)47-44-41-38-35-32-29-26-23-20-17-14-11-2)51-54-73-66(9)57-63(6)60-69(73)48-45-42-39-36-33-30-27-24-21-18-15-12-3;3*1-7(2,3,4,5)6/h55-60H,10-54H2,1-9H3;;;/q+3;3*-1. The molecule has 3 aromatic rings. The number of rotatable bonds is 48. The average Bonchev–Trinajstić information content (AvgIpc) is 0.808. The second kappa shape index (κ2) is 41.2. The topological polar surface area (TPSA) is 14.9 Å². The molecule has 3 heterocycles. The van der Waals surface area contributed by atoms with Crippen molar-refractivity contribution in [2.45, 2.75) is 332 Å². The molecule has 0 radical (unpaired) electrons. The summed E-state index contributed by atoms with van der Waals surface area (Å²) in [4.78, 5) is 2.83. The van der Waals surface area contributed by atoms with Gasteiger partial charge in [0.1, 0.15) is 0 Å². The van der Waals surface area contributed by atoms with Crippen LogP contribution in [0, 0.1) is 41.5 Å². The zero-order valence-corrected chi connectivity index (χ0v) is 61.4. The number of pyridine rings is 3. The van der Waals surface area contributed by atoms with Crippen molar-refractivity contribution in [3.63, 3.8) is 0 Å². The summed E-state index contributed by atoms with van der Waals surface area (Å²) in [5.41, 5.74) is 13.2. The van der Waals surface area contributed by atoms with Crippen molar-refractivity contribution in [3.05, 3.63) is 87.3 Å². The normalized spacial score (nSPS) is 14.3. The summed E-state index contributed by atoms with van der Waals surface area (Å²) in [5, 5.41) is 0. The third-order valence-electron chi connectivity index (χ3n) is 16.6. The summed E-state index contributed by atoms with van der Waals surface area (Å²) in [6.45, 7) is 27.4. The van der Waals surface area contributed by atoms with Gasteiger partial charge in [-0.3, -0.25) is 4.90 Å². The molecule has 0 spiro atoms. The fourth-order valence-corrected chi connectivity index (χ4v) is 12.1. The molecular formula is C69H123F18N4P3. The summed E-state index contributed by atoms with van der Waals surface area (Å²) in [6.07, 6.45) is 54.2. The molecule has 0 N–H and O–H groups in total. The zero-order chi connectivity index (χ0) is 71.8. The molecule has 94 heavy (non-hydrogen) atoms. The van der Waals surface area contributed by atoms with Crippen LogP contribution in [0.15, 0.2) is 36.4 Å². The van der Waals surface area contributed by atoms with E-state index in [1.165, 1.54) is 284 Å². The summed E-state index contributed by atoms with van der Waals surface area (Å²) < 4.78 is 186. The van der Waals surface area contributed by atoms with Crippen molar-refractivity contribution in [3.8, 4) is 0 Å².